The molecule has 3 rings (SSSR count). The van der Waals surface area contributed by atoms with E-state index in [4.69, 9.17) is 11.6 Å². The maximum Gasteiger partial charge on any atom is 0.360 e. The van der Waals surface area contributed by atoms with Crippen LogP contribution in [0.1, 0.15) is 16.9 Å². The third-order valence-electron chi connectivity index (χ3n) is 3.96. The molecular weight excluding hydrogens is 356 g/mol. The van der Waals surface area contributed by atoms with Crippen molar-refractivity contribution >= 4 is 33.2 Å². The van der Waals surface area contributed by atoms with Gasteiger partial charge in [0.2, 0.25) is 5.69 Å². The van der Waals surface area contributed by atoms with E-state index in [0.717, 1.165) is 4.80 Å². The molecule has 24 heavy (non-hydrogen) atoms. The molecule has 0 aliphatic carbocycles. The summed E-state index contributed by atoms with van der Waals surface area (Å²) in [6.07, 6.45) is 0.427. The molecule has 1 atom stereocenters. The quantitative estimate of drug-likeness (QED) is 0.863. The average Bonchev–Trinajstić information content (AvgIpc) is 3.10. The molecule has 0 saturated carbocycles. The van der Waals surface area contributed by atoms with Gasteiger partial charge in [-0.25, -0.2) is 13.2 Å². The number of carboxylic acid groups (broad SMARTS) is 1. The van der Waals surface area contributed by atoms with Gasteiger partial charge >= 0.3 is 5.97 Å². The van der Waals surface area contributed by atoms with Gasteiger partial charge in [0.1, 0.15) is 5.69 Å². The summed E-state index contributed by atoms with van der Waals surface area (Å²) in [6.45, 7) is 0. The van der Waals surface area contributed by atoms with E-state index in [9.17, 15) is 18.3 Å². The van der Waals surface area contributed by atoms with Gasteiger partial charge in [0, 0.05) is 13.1 Å². The highest BCUT2D eigenvalue weighted by Crippen LogP contribution is 2.26. The third-order valence-corrected chi connectivity index (χ3v) is 6.03. The number of sulfone groups is 1. The van der Waals surface area contributed by atoms with E-state index < -0.39 is 15.8 Å². The Morgan fingerprint density at radius 3 is 2.67 bits per heavy atom. The molecule has 0 spiro atoms. The van der Waals surface area contributed by atoms with Gasteiger partial charge in [0.15, 0.2) is 15.7 Å². The first-order valence-corrected chi connectivity index (χ1v) is 9.37. The van der Waals surface area contributed by atoms with Crippen LogP contribution in [0, 0.1) is 0 Å². The van der Waals surface area contributed by atoms with Crippen molar-refractivity contribution in [3.05, 3.63) is 35.0 Å². The van der Waals surface area contributed by atoms with Crippen LogP contribution in [-0.2, 0) is 9.84 Å². The predicted molar refractivity (Wildman–Crippen MR) is 88.8 cm³/mol. The number of aromatic carboxylic acids is 1. The fourth-order valence-corrected chi connectivity index (χ4v) is 4.64. The van der Waals surface area contributed by atoms with E-state index >= 15 is 0 Å². The number of aromatic nitrogens is 3. The summed E-state index contributed by atoms with van der Waals surface area (Å²) in [7, 11) is -1.47. The SMILES string of the molecule is CN(c1nn(-c2ccccc2Cl)nc1C(=O)O)C1CCS(=O)(=O)C1. The Bertz CT molecular complexity index is 896. The standard InChI is InChI=1S/C14H15ClN4O4S/c1-18(9-6-7-24(22,23)8-9)13-12(14(20)21)16-19(17-13)11-5-3-2-4-10(11)15/h2-5,9H,6-8H2,1H3,(H,20,21). The molecule has 1 fully saturated rings. The molecule has 2 heterocycles. The number of carboxylic acids is 1. The largest absolute Gasteiger partial charge is 0.476 e. The minimum Gasteiger partial charge on any atom is -0.476 e. The van der Waals surface area contributed by atoms with E-state index in [0.29, 0.717) is 17.1 Å². The minimum atomic E-state index is -3.10. The molecule has 1 N–H and O–H groups in total. The van der Waals surface area contributed by atoms with Gasteiger partial charge in [-0.15, -0.1) is 15.0 Å². The van der Waals surface area contributed by atoms with Gasteiger partial charge in [0.05, 0.1) is 16.5 Å². The molecule has 10 heteroatoms. The van der Waals surface area contributed by atoms with Crippen molar-refractivity contribution in [3.8, 4) is 5.69 Å². The fraction of sp³-hybridized carbons (Fsp3) is 0.357. The van der Waals surface area contributed by atoms with Crippen LogP contribution in [0.15, 0.2) is 24.3 Å². The monoisotopic (exact) mass is 370 g/mol. The summed E-state index contributed by atoms with van der Waals surface area (Å²) in [5, 5.41) is 18.0. The molecule has 1 aliphatic rings. The Labute approximate surface area is 143 Å². The molecule has 0 bridgehead atoms. The lowest BCUT2D eigenvalue weighted by molar-refractivity contribution is 0.0690. The lowest BCUT2D eigenvalue weighted by Crippen LogP contribution is -2.34. The number of hydrogen-bond acceptors (Lipinski definition) is 6. The number of benzene rings is 1. The number of hydrogen-bond donors (Lipinski definition) is 1. The average molecular weight is 371 g/mol. The van der Waals surface area contributed by atoms with E-state index in [1.54, 1.807) is 36.2 Å². The summed E-state index contributed by atoms with van der Waals surface area (Å²) in [5.41, 5.74) is 0.196. The molecule has 1 aromatic carbocycles. The zero-order chi connectivity index (χ0) is 17.5. The second-order valence-corrected chi connectivity index (χ2v) is 8.22. The van der Waals surface area contributed by atoms with Crippen molar-refractivity contribution in [2.24, 2.45) is 0 Å². The van der Waals surface area contributed by atoms with Gasteiger partial charge in [-0.1, -0.05) is 23.7 Å². The van der Waals surface area contributed by atoms with Crippen molar-refractivity contribution in [1.82, 2.24) is 15.0 Å². The number of nitrogens with zero attached hydrogens (tertiary/aromatic N) is 4. The molecule has 0 radical (unpaired) electrons. The Morgan fingerprint density at radius 2 is 2.08 bits per heavy atom. The van der Waals surface area contributed by atoms with Crippen molar-refractivity contribution in [2.45, 2.75) is 12.5 Å². The van der Waals surface area contributed by atoms with Crippen molar-refractivity contribution in [3.63, 3.8) is 0 Å². The molecular formula is C14H15ClN4O4S. The van der Waals surface area contributed by atoms with Crippen LogP contribution in [0.25, 0.3) is 5.69 Å². The maximum atomic E-state index is 11.7. The van der Waals surface area contributed by atoms with Crippen LogP contribution in [0.5, 0.6) is 0 Å². The van der Waals surface area contributed by atoms with Crippen LogP contribution in [0.4, 0.5) is 5.82 Å². The van der Waals surface area contributed by atoms with Gasteiger partial charge in [-0.2, -0.15) is 0 Å². The topological polar surface area (TPSA) is 105 Å². The molecule has 128 valence electrons. The Balaban J connectivity index is 2.01. The Morgan fingerprint density at radius 1 is 1.38 bits per heavy atom. The first kappa shape index (κ1) is 16.7. The summed E-state index contributed by atoms with van der Waals surface area (Å²) in [4.78, 5) is 14.2. The maximum absolute atomic E-state index is 11.7. The highest BCUT2D eigenvalue weighted by Gasteiger charge is 2.34. The lowest BCUT2D eigenvalue weighted by atomic mass is 10.2. The predicted octanol–water partition coefficient (Wildman–Crippen LogP) is 1.24. The molecule has 1 aromatic heterocycles. The molecule has 1 aliphatic heterocycles. The second kappa shape index (κ2) is 6.06. The zero-order valence-corrected chi connectivity index (χ0v) is 14.3. The van der Waals surface area contributed by atoms with Crippen LogP contribution >= 0.6 is 11.6 Å². The first-order valence-electron chi connectivity index (χ1n) is 7.17. The van der Waals surface area contributed by atoms with E-state index in [1.165, 1.54) is 0 Å². The first-order chi connectivity index (χ1) is 11.3. The van der Waals surface area contributed by atoms with E-state index in [2.05, 4.69) is 10.2 Å². The summed E-state index contributed by atoms with van der Waals surface area (Å²) in [6, 6.07) is 6.46. The Hall–Kier alpha value is -2.13. The number of anilines is 1. The Kier molecular flexibility index (Phi) is 4.22. The summed E-state index contributed by atoms with van der Waals surface area (Å²) < 4.78 is 23.3. The van der Waals surface area contributed by atoms with Crippen LogP contribution < -0.4 is 4.90 Å². The van der Waals surface area contributed by atoms with Crippen LogP contribution in [-0.4, -0.2) is 59.1 Å². The lowest BCUT2D eigenvalue weighted by Gasteiger charge is -2.22. The summed E-state index contributed by atoms with van der Waals surface area (Å²) in [5.74, 6) is -1.06. The van der Waals surface area contributed by atoms with Crippen molar-refractivity contribution in [1.29, 1.82) is 0 Å². The minimum absolute atomic E-state index is 0.0263. The number of para-hydroxylation sites is 1. The highest BCUT2D eigenvalue weighted by molar-refractivity contribution is 7.91. The normalized spacial score (nSPS) is 19.3. The molecule has 1 saturated heterocycles. The van der Waals surface area contributed by atoms with Gasteiger partial charge in [-0.05, 0) is 18.6 Å². The van der Waals surface area contributed by atoms with Crippen molar-refractivity contribution in [2.75, 3.05) is 23.5 Å². The zero-order valence-electron chi connectivity index (χ0n) is 12.8. The van der Waals surface area contributed by atoms with Crippen LogP contribution in [0.2, 0.25) is 5.02 Å². The van der Waals surface area contributed by atoms with Gasteiger partial charge in [0.25, 0.3) is 0 Å². The summed E-state index contributed by atoms with van der Waals surface area (Å²) >= 11 is 6.10. The number of carbonyl (C=O) groups is 1. The molecule has 1 unspecified atom stereocenters. The van der Waals surface area contributed by atoms with E-state index in [-0.39, 0.29) is 29.1 Å². The highest BCUT2D eigenvalue weighted by atomic mass is 35.5. The van der Waals surface area contributed by atoms with E-state index in [1.807, 2.05) is 0 Å². The smallest absolute Gasteiger partial charge is 0.360 e. The molecule has 8 nitrogen and oxygen atoms in total. The number of halogens is 1. The van der Waals surface area contributed by atoms with Gasteiger partial charge in [-0.3, -0.25) is 0 Å². The molecule has 2 aromatic rings. The molecule has 0 amide bonds. The van der Waals surface area contributed by atoms with Crippen LogP contribution in [0.3, 0.4) is 0 Å². The fourth-order valence-electron chi connectivity index (χ4n) is 2.65. The second-order valence-electron chi connectivity index (χ2n) is 5.59. The number of rotatable bonds is 4. The van der Waals surface area contributed by atoms with Gasteiger partial charge < -0.3 is 10.0 Å². The van der Waals surface area contributed by atoms with Crippen molar-refractivity contribution < 1.29 is 18.3 Å². The third kappa shape index (κ3) is 3.09.